The van der Waals surface area contributed by atoms with Crippen LogP contribution >= 0.6 is 0 Å². The lowest BCUT2D eigenvalue weighted by Gasteiger charge is -2.12. The molecule has 4 N–H and O–H groups in total. The Labute approximate surface area is 131 Å². The molecule has 0 radical (unpaired) electrons. The van der Waals surface area contributed by atoms with Crippen molar-refractivity contribution in [3.05, 3.63) is 23.8 Å². The number of carbonyl (C=O) groups excluding carboxylic acids is 1. The lowest BCUT2D eigenvalue weighted by atomic mass is 10.2. The largest absolute Gasteiger partial charge is 0.328 e. The van der Waals surface area contributed by atoms with E-state index in [9.17, 15) is 13.2 Å². The highest BCUT2D eigenvalue weighted by atomic mass is 32.2. The molecule has 1 aromatic rings. The van der Waals surface area contributed by atoms with Crippen LogP contribution in [0.3, 0.4) is 0 Å². The molecule has 1 aromatic carbocycles. The predicted molar refractivity (Wildman–Crippen MR) is 86.0 cm³/mol. The van der Waals surface area contributed by atoms with Crippen LogP contribution in [0.2, 0.25) is 0 Å². The topological polar surface area (TPSA) is 101 Å². The zero-order chi connectivity index (χ0) is 16.3. The second-order valence-corrected chi connectivity index (χ2v) is 7.62. The summed E-state index contributed by atoms with van der Waals surface area (Å²) in [6, 6.07) is 4.91. The molecular weight excluding hydrogens is 302 g/mol. The van der Waals surface area contributed by atoms with Gasteiger partial charge in [0.2, 0.25) is 15.9 Å². The van der Waals surface area contributed by atoms with Crippen molar-refractivity contribution < 1.29 is 13.2 Å². The highest BCUT2D eigenvalue weighted by Gasteiger charge is 2.29. The summed E-state index contributed by atoms with van der Waals surface area (Å²) in [6.45, 7) is 3.58. The minimum atomic E-state index is -3.53. The first-order valence-electron chi connectivity index (χ1n) is 7.46. The first-order chi connectivity index (χ1) is 10.3. The fraction of sp³-hybridized carbons (Fsp3) is 0.533. The molecule has 1 aliphatic rings. The molecule has 122 valence electrons. The van der Waals surface area contributed by atoms with Crippen LogP contribution in [0.4, 0.5) is 5.69 Å². The number of hydrogen-bond acceptors (Lipinski definition) is 4. The van der Waals surface area contributed by atoms with Crippen LogP contribution in [-0.2, 0) is 14.8 Å². The van der Waals surface area contributed by atoms with E-state index in [0.29, 0.717) is 24.1 Å². The predicted octanol–water partition coefficient (Wildman–Crippen LogP) is 1.50. The molecule has 6 nitrogen and oxygen atoms in total. The van der Waals surface area contributed by atoms with Crippen LogP contribution in [0.15, 0.2) is 23.1 Å². The third kappa shape index (κ3) is 4.79. The van der Waals surface area contributed by atoms with Crippen molar-refractivity contribution >= 4 is 21.6 Å². The molecular formula is C15H23N3O3S. The standard InChI is InChI=1S/C15H23N3O3S/c1-10-3-5-13(17-15(19)8-4-11(2)16)9-14(10)22(20,21)18-12-6-7-12/h3,5,9,11-12,18H,4,6-8,16H2,1-2H3,(H,17,19). The Bertz CT molecular complexity index is 652. The minimum absolute atomic E-state index is 0.0394. The van der Waals surface area contributed by atoms with Crippen molar-refractivity contribution in [3.63, 3.8) is 0 Å². The maximum atomic E-state index is 12.3. The lowest BCUT2D eigenvalue weighted by Crippen LogP contribution is -2.26. The summed E-state index contributed by atoms with van der Waals surface area (Å²) in [7, 11) is -3.53. The van der Waals surface area contributed by atoms with Crippen molar-refractivity contribution in [2.75, 3.05) is 5.32 Å². The van der Waals surface area contributed by atoms with Gasteiger partial charge in [-0.2, -0.15) is 0 Å². The monoisotopic (exact) mass is 325 g/mol. The molecule has 0 spiro atoms. The number of anilines is 1. The average Bonchev–Trinajstić information content (AvgIpc) is 3.21. The molecule has 22 heavy (non-hydrogen) atoms. The summed E-state index contributed by atoms with van der Waals surface area (Å²) in [6.07, 6.45) is 2.66. The molecule has 0 aliphatic heterocycles. The maximum Gasteiger partial charge on any atom is 0.241 e. The molecule has 7 heteroatoms. The fourth-order valence-corrected chi connectivity index (χ4v) is 3.61. The quantitative estimate of drug-likeness (QED) is 0.707. The Morgan fingerprint density at radius 2 is 2.09 bits per heavy atom. The summed E-state index contributed by atoms with van der Waals surface area (Å²) in [5.74, 6) is -0.167. The van der Waals surface area contributed by atoms with E-state index >= 15 is 0 Å². The van der Waals surface area contributed by atoms with Crippen molar-refractivity contribution in [3.8, 4) is 0 Å². The second-order valence-electron chi connectivity index (χ2n) is 5.94. The van der Waals surface area contributed by atoms with Crippen LogP contribution in [0, 0.1) is 6.92 Å². The summed E-state index contributed by atoms with van der Waals surface area (Å²) >= 11 is 0. The molecule has 2 rings (SSSR count). The van der Waals surface area contributed by atoms with E-state index in [1.807, 2.05) is 6.92 Å². The molecule has 1 atom stereocenters. The van der Waals surface area contributed by atoms with Gasteiger partial charge in [-0.05, 0) is 50.8 Å². The number of rotatable bonds is 7. The summed E-state index contributed by atoms with van der Waals surface area (Å²) in [5, 5.41) is 2.72. The van der Waals surface area contributed by atoms with E-state index in [2.05, 4.69) is 10.0 Å². The minimum Gasteiger partial charge on any atom is -0.328 e. The average molecular weight is 325 g/mol. The van der Waals surface area contributed by atoms with Gasteiger partial charge >= 0.3 is 0 Å². The highest BCUT2D eigenvalue weighted by molar-refractivity contribution is 7.89. The number of nitrogens with two attached hydrogens (primary N) is 1. The Hall–Kier alpha value is -1.44. The van der Waals surface area contributed by atoms with Gasteiger partial charge in [-0.25, -0.2) is 13.1 Å². The molecule has 1 fully saturated rings. The Morgan fingerprint density at radius 3 is 2.68 bits per heavy atom. The van der Waals surface area contributed by atoms with Gasteiger partial charge in [0.05, 0.1) is 4.90 Å². The van der Waals surface area contributed by atoms with Gasteiger partial charge in [-0.1, -0.05) is 6.07 Å². The van der Waals surface area contributed by atoms with E-state index in [1.165, 1.54) is 6.07 Å². The number of benzene rings is 1. The van der Waals surface area contributed by atoms with Crippen molar-refractivity contribution in [2.24, 2.45) is 5.73 Å². The molecule has 0 saturated heterocycles. The lowest BCUT2D eigenvalue weighted by molar-refractivity contribution is -0.116. The molecule has 1 amide bonds. The first kappa shape index (κ1) is 16.9. The number of aryl methyl sites for hydroxylation is 1. The van der Waals surface area contributed by atoms with Crippen molar-refractivity contribution in [1.82, 2.24) is 4.72 Å². The number of hydrogen-bond donors (Lipinski definition) is 3. The summed E-state index contributed by atoms with van der Waals surface area (Å²) in [5.41, 5.74) is 6.76. The third-order valence-electron chi connectivity index (χ3n) is 3.49. The molecule has 1 unspecified atom stereocenters. The number of nitrogens with one attached hydrogen (secondary N) is 2. The van der Waals surface area contributed by atoms with E-state index in [0.717, 1.165) is 12.8 Å². The zero-order valence-electron chi connectivity index (χ0n) is 12.9. The summed E-state index contributed by atoms with van der Waals surface area (Å²) in [4.78, 5) is 12.0. The van der Waals surface area contributed by atoms with Crippen molar-refractivity contribution in [2.45, 2.75) is 56.5 Å². The van der Waals surface area contributed by atoms with Crippen molar-refractivity contribution in [1.29, 1.82) is 0 Å². The molecule has 0 heterocycles. The van der Waals surface area contributed by atoms with E-state index in [-0.39, 0.29) is 22.9 Å². The van der Waals surface area contributed by atoms with E-state index in [4.69, 9.17) is 5.73 Å². The second kappa shape index (κ2) is 6.76. The Kier molecular flexibility index (Phi) is 5.20. The molecule has 0 aromatic heterocycles. The van der Waals surface area contributed by atoms with E-state index in [1.54, 1.807) is 19.1 Å². The Morgan fingerprint density at radius 1 is 1.41 bits per heavy atom. The van der Waals surface area contributed by atoms with Gasteiger partial charge in [0, 0.05) is 24.2 Å². The van der Waals surface area contributed by atoms with Gasteiger partial charge in [0.25, 0.3) is 0 Å². The highest BCUT2D eigenvalue weighted by Crippen LogP contribution is 2.25. The van der Waals surface area contributed by atoms with Crippen LogP contribution < -0.4 is 15.8 Å². The smallest absolute Gasteiger partial charge is 0.241 e. The molecule has 0 bridgehead atoms. The third-order valence-corrected chi connectivity index (χ3v) is 5.15. The maximum absolute atomic E-state index is 12.3. The van der Waals surface area contributed by atoms with Gasteiger partial charge in [-0.15, -0.1) is 0 Å². The van der Waals surface area contributed by atoms with Gasteiger partial charge < -0.3 is 11.1 Å². The van der Waals surface area contributed by atoms with Crippen LogP contribution in [-0.4, -0.2) is 26.4 Å². The van der Waals surface area contributed by atoms with Gasteiger partial charge in [0.1, 0.15) is 0 Å². The SMILES string of the molecule is Cc1ccc(NC(=O)CCC(C)N)cc1S(=O)(=O)NC1CC1. The van der Waals surface area contributed by atoms with Gasteiger partial charge in [-0.3, -0.25) is 4.79 Å². The number of carbonyl (C=O) groups is 1. The van der Waals surface area contributed by atoms with Gasteiger partial charge in [0.15, 0.2) is 0 Å². The van der Waals surface area contributed by atoms with Crippen LogP contribution in [0.1, 0.15) is 38.2 Å². The Balaban J connectivity index is 2.10. The normalized spacial score (nSPS) is 16.3. The number of sulfonamides is 1. The molecule has 1 saturated carbocycles. The number of amides is 1. The van der Waals surface area contributed by atoms with Crippen LogP contribution in [0.5, 0.6) is 0 Å². The molecule has 1 aliphatic carbocycles. The fourth-order valence-electron chi connectivity index (χ4n) is 2.03. The van der Waals surface area contributed by atoms with E-state index < -0.39 is 10.0 Å². The first-order valence-corrected chi connectivity index (χ1v) is 8.94. The summed E-state index contributed by atoms with van der Waals surface area (Å²) < 4.78 is 27.3. The van der Waals surface area contributed by atoms with Crippen LogP contribution in [0.25, 0.3) is 0 Å². The zero-order valence-corrected chi connectivity index (χ0v) is 13.7.